The predicted molar refractivity (Wildman–Crippen MR) is 64.0 cm³/mol. The quantitative estimate of drug-likeness (QED) is 0.648. The Labute approximate surface area is 96.5 Å². The number of aliphatic hydroxyl groups excluding tert-OH is 1. The van der Waals surface area contributed by atoms with Crippen molar-refractivity contribution in [2.45, 2.75) is 25.0 Å². The van der Waals surface area contributed by atoms with Crippen LogP contribution in [0.3, 0.4) is 0 Å². The molecule has 0 aromatic rings. The minimum absolute atomic E-state index is 0.381. The van der Waals surface area contributed by atoms with E-state index in [2.05, 4.69) is 15.9 Å². The first kappa shape index (κ1) is 13.3. The third-order valence-corrected chi connectivity index (χ3v) is 3.59. The molecule has 1 atom stereocenters. The van der Waals surface area contributed by atoms with Crippen molar-refractivity contribution in [1.82, 2.24) is 9.62 Å². The van der Waals surface area contributed by atoms with Gasteiger partial charge in [-0.25, -0.2) is 0 Å². The molecule has 0 aromatic carbocycles. The van der Waals surface area contributed by atoms with E-state index in [0.29, 0.717) is 19.2 Å². The van der Waals surface area contributed by atoms with Crippen LogP contribution in [0.25, 0.3) is 0 Å². The average Bonchev–Trinajstić information content (AvgIpc) is 2.27. The lowest BCUT2D eigenvalue weighted by molar-refractivity contribution is 0.0614. The van der Waals surface area contributed by atoms with E-state index < -0.39 is 0 Å². The third-order valence-electron chi connectivity index (χ3n) is 2.71. The standard InChI is InChI=1S/C10H22N2O2S/c1-14-8-10(13)7-11-9-3-5-12(15-2)6-4-9/h9-11,13H,3-8H2,1-2H3. The van der Waals surface area contributed by atoms with E-state index in [1.807, 2.05) is 11.9 Å². The molecule has 15 heavy (non-hydrogen) atoms. The normalized spacial score (nSPS) is 21.8. The Hall–Kier alpha value is 0.190. The summed E-state index contributed by atoms with van der Waals surface area (Å²) in [5, 5.41) is 12.9. The maximum atomic E-state index is 9.48. The number of aliphatic hydroxyl groups is 1. The van der Waals surface area contributed by atoms with Crippen LogP contribution in [0.4, 0.5) is 0 Å². The average molecular weight is 234 g/mol. The summed E-state index contributed by atoms with van der Waals surface area (Å²) in [7, 11) is 1.61. The Morgan fingerprint density at radius 2 is 2.20 bits per heavy atom. The van der Waals surface area contributed by atoms with Gasteiger partial charge in [-0.05, 0) is 19.1 Å². The fraction of sp³-hybridized carbons (Fsp3) is 1.00. The van der Waals surface area contributed by atoms with Crippen molar-refractivity contribution in [3.05, 3.63) is 0 Å². The van der Waals surface area contributed by atoms with Crippen LogP contribution in [0.1, 0.15) is 12.8 Å². The largest absolute Gasteiger partial charge is 0.389 e. The highest BCUT2D eigenvalue weighted by Gasteiger charge is 2.18. The van der Waals surface area contributed by atoms with Crippen molar-refractivity contribution in [2.75, 3.05) is 39.6 Å². The molecule has 5 heteroatoms. The zero-order valence-electron chi connectivity index (χ0n) is 9.61. The molecule has 0 amide bonds. The SMILES string of the molecule is COCC(O)CNC1CCN(SC)CC1. The van der Waals surface area contributed by atoms with Gasteiger partial charge in [-0.1, -0.05) is 11.9 Å². The maximum absolute atomic E-state index is 9.48. The van der Waals surface area contributed by atoms with E-state index in [0.717, 1.165) is 13.1 Å². The van der Waals surface area contributed by atoms with Gasteiger partial charge in [-0.3, -0.25) is 4.31 Å². The number of hydrogen-bond acceptors (Lipinski definition) is 5. The van der Waals surface area contributed by atoms with Crippen molar-refractivity contribution in [3.63, 3.8) is 0 Å². The Morgan fingerprint density at radius 3 is 2.73 bits per heavy atom. The van der Waals surface area contributed by atoms with Crippen LogP contribution in [0.5, 0.6) is 0 Å². The highest BCUT2D eigenvalue weighted by Crippen LogP contribution is 2.15. The lowest BCUT2D eigenvalue weighted by Gasteiger charge is -2.31. The van der Waals surface area contributed by atoms with Gasteiger partial charge in [0.2, 0.25) is 0 Å². The van der Waals surface area contributed by atoms with E-state index >= 15 is 0 Å². The van der Waals surface area contributed by atoms with Crippen LogP contribution in [-0.4, -0.2) is 61.2 Å². The number of rotatable bonds is 6. The molecule has 0 saturated carbocycles. The Bertz CT molecular complexity index is 164. The minimum Gasteiger partial charge on any atom is -0.389 e. The van der Waals surface area contributed by atoms with Gasteiger partial charge in [0.1, 0.15) is 0 Å². The minimum atomic E-state index is -0.381. The topological polar surface area (TPSA) is 44.7 Å². The molecule has 1 aliphatic rings. The lowest BCUT2D eigenvalue weighted by Crippen LogP contribution is -2.43. The second-order valence-electron chi connectivity index (χ2n) is 3.90. The molecule has 1 unspecified atom stereocenters. The zero-order valence-corrected chi connectivity index (χ0v) is 10.4. The van der Waals surface area contributed by atoms with Gasteiger partial charge in [0.25, 0.3) is 0 Å². The summed E-state index contributed by atoms with van der Waals surface area (Å²) in [6.07, 6.45) is 4.07. The molecule has 1 rings (SSSR count). The molecule has 0 spiro atoms. The molecule has 2 N–H and O–H groups in total. The number of nitrogens with one attached hydrogen (secondary N) is 1. The van der Waals surface area contributed by atoms with E-state index in [9.17, 15) is 5.11 Å². The molecule has 0 aliphatic carbocycles. The fourth-order valence-electron chi connectivity index (χ4n) is 1.80. The second kappa shape index (κ2) is 7.46. The van der Waals surface area contributed by atoms with Gasteiger partial charge in [-0.15, -0.1) is 0 Å². The Morgan fingerprint density at radius 1 is 1.53 bits per heavy atom. The van der Waals surface area contributed by atoms with Crippen LogP contribution in [-0.2, 0) is 4.74 Å². The lowest BCUT2D eigenvalue weighted by atomic mass is 10.1. The van der Waals surface area contributed by atoms with Crippen molar-refractivity contribution >= 4 is 11.9 Å². The van der Waals surface area contributed by atoms with Crippen molar-refractivity contribution in [1.29, 1.82) is 0 Å². The number of nitrogens with zero attached hydrogens (tertiary/aromatic N) is 1. The fourth-order valence-corrected chi connectivity index (χ4v) is 2.37. The first-order valence-corrected chi connectivity index (χ1v) is 6.64. The molecular formula is C10H22N2O2S. The van der Waals surface area contributed by atoms with Gasteiger partial charge in [0.15, 0.2) is 0 Å². The maximum Gasteiger partial charge on any atom is 0.0897 e. The zero-order chi connectivity index (χ0) is 11.1. The molecular weight excluding hydrogens is 212 g/mol. The van der Waals surface area contributed by atoms with Crippen LogP contribution < -0.4 is 5.32 Å². The number of ether oxygens (including phenoxy) is 1. The van der Waals surface area contributed by atoms with E-state index in [1.165, 1.54) is 12.8 Å². The van der Waals surface area contributed by atoms with E-state index in [4.69, 9.17) is 4.74 Å². The van der Waals surface area contributed by atoms with Crippen molar-refractivity contribution in [2.24, 2.45) is 0 Å². The van der Waals surface area contributed by atoms with Crippen LogP contribution in [0.2, 0.25) is 0 Å². The van der Waals surface area contributed by atoms with Gasteiger partial charge in [0, 0.05) is 32.8 Å². The van der Waals surface area contributed by atoms with Crippen molar-refractivity contribution in [3.8, 4) is 0 Å². The highest BCUT2D eigenvalue weighted by molar-refractivity contribution is 7.96. The summed E-state index contributed by atoms with van der Waals surface area (Å²) in [6.45, 7) is 3.33. The van der Waals surface area contributed by atoms with Crippen molar-refractivity contribution < 1.29 is 9.84 Å². The monoisotopic (exact) mass is 234 g/mol. The third kappa shape index (κ3) is 5.17. The molecule has 1 saturated heterocycles. The predicted octanol–water partition coefficient (Wildman–Crippen LogP) is 0.326. The van der Waals surface area contributed by atoms with Gasteiger partial charge >= 0.3 is 0 Å². The summed E-state index contributed by atoms with van der Waals surface area (Å²) in [5.41, 5.74) is 0. The van der Waals surface area contributed by atoms with Gasteiger partial charge < -0.3 is 15.2 Å². The highest BCUT2D eigenvalue weighted by atomic mass is 32.2. The number of hydrogen-bond donors (Lipinski definition) is 2. The molecule has 1 heterocycles. The molecule has 4 nitrogen and oxygen atoms in total. The summed E-state index contributed by atoms with van der Waals surface area (Å²) < 4.78 is 7.26. The Kier molecular flexibility index (Phi) is 6.59. The van der Waals surface area contributed by atoms with Crippen LogP contribution >= 0.6 is 11.9 Å². The molecule has 0 bridgehead atoms. The first-order chi connectivity index (χ1) is 7.26. The van der Waals surface area contributed by atoms with E-state index in [1.54, 1.807) is 7.11 Å². The van der Waals surface area contributed by atoms with Gasteiger partial charge in [-0.2, -0.15) is 0 Å². The summed E-state index contributed by atoms with van der Waals surface area (Å²) in [5.74, 6) is 0. The second-order valence-corrected chi connectivity index (χ2v) is 4.78. The molecule has 1 fully saturated rings. The molecule has 0 aromatic heterocycles. The first-order valence-electron chi connectivity index (χ1n) is 5.45. The summed E-state index contributed by atoms with van der Waals surface area (Å²) in [6, 6.07) is 0.555. The molecule has 90 valence electrons. The van der Waals surface area contributed by atoms with Crippen LogP contribution in [0.15, 0.2) is 0 Å². The van der Waals surface area contributed by atoms with E-state index in [-0.39, 0.29) is 6.10 Å². The Balaban J connectivity index is 2.08. The number of methoxy groups -OCH3 is 1. The molecule has 1 aliphatic heterocycles. The number of piperidine rings is 1. The smallest absolute Gasteiger partial charge is 0.0897 e. The van der Waals surface area contributed by atoms with Gasteiger partial charge in [0.05, 0.1) is 12.7 Å². The summed E-state index contributed by atoms with van der Waals surface area (Å²) in [4.78, 5) is 0. The molecule has 0 radical (unpaired) electrons. The van der Waals surface area contributed by atoms with Crippen LogP contribution in [0, 0.1) is 0 Å². The summed E-state index contributed by atoms with van der Waals surface area (Å²) >= 11 is 1.82.